The van der Waals surface area contributed by atoms with E-state index in [-0.39, 0.29) is 17.9 Å². The molecule has 4 aromatic rings. The van der Waals surface area contributed by atoms with Crippen molar-refractivity contribution in [1.29, 1.82) is 0 Å². The van der Waals surface area contributed by atoms with Crippen LogP contribution in [0.25, 0.3) is 22.0 Å². The summed E-state index contributed by atoms with van der Waals surface area (Å²) >= 11 is 0. The van der Waals surface area contributed by atoms with Crippen molar-refractivity contribution in [1.82, 2.24) is 9.13 Å². The van der Waals surface area contributed by atoms with Crippen LogP contribution in [0.15, 0.2) is 59.5 Å². The third-order valence-electron chi connectivity index (χ3n) is 6.64. The van der Waals surface area contributed by atoms with Crippen LogP contribution in [0.4, 0.5) is 4.39 Å². The van der Waals surface area contributed by atoms with E-state index in [0.717, 1.165) is 59.2 Å². The van der Waals surface area contributed by atoms with Gasteiger partial charge in [0.05, 0.1) is 6.54 Å². The van der Waals surface area contributed by atoms with Gasteiger partial charge in [-0.25, -0.2) is 4.39 Å². The highest BCUT2D eigenvalue weighted by molar-refractivity contribution is 5.99. The van der Waals surface area contributed by atoms with Gasteiger partial charge in [0.1, 0.15) is 12.4 Å². The summed E-state index contributed by atoms with van der Waals surface area (Å²) in [5, 5.41) is 10.2. The number of hydrogen-bond acceptors (Lipinski definition) is 2. The second-order valence-corrected chi connectivity index (χ2v) is 8.73. The van der Waals surface area contributed by atoms with Gasteiger partial charge in [0.2, 0.25) is 0 Å². The predicted octanol–water partition coefficient (Wildman–Crippen LogP) is 4.93. The first-order valence-electron chi connectivity index (χ1n) is 11.2. The molecule has 0 spiro atoms. The molecule has 6 heteroatoms. The maximum absolute atomic E-state index is 14.3. The average Bonchev–Trinajstić information content (AvgIpc) is 3.06. The molecule has 0 radical (unpaired) electrons. The van der Waals surface area contributed by atoms with Crippen molar-refractivity contribution in [2.75, 3.05) is 0 Å². The van der Waals surface area contributed by atoms with Gasteiger partial charge in [0.25, 0.3) is 5.56 Å². The largest absolute Gasteiger partial charge is 0.480 e. The monoisotopic (exact) mass is 444 g/mol. The van der Waals surface area contributed by atoms with Gasteiger partial charge >= 0.3 is 5.97 Å². The van der Waals surface area contributed by atoms with Crippen molar-refractivity contribution < 1.29 is 14.3 Å². The quantitative estimate of drug-likeness (QED) is 0.475. The molecule has 2 aromatic heterocycles. The zero-order valence-corrected chi connectivity index (χ0v) is 18.5. The predicted molar refractivity (Wildman–Crippen MR) is 126 cm³/mol. The van der Waals surface area contributed by atoms with E-state index in [4.69, 9.17) is 0 Å². The van der Waals surface area contributed by atoms with Gasteiger partial charge in [-0.2, -0.15) is 0 Å². The number of pyridine rings is 1. The minimum absolute atomic E-state index is 0.0235. The van der Waals surface area contributed by atoms with Crippen LogP contribution in [0, 0.1) is 12.7 Å². The molecule has 1 N–H and O–H groups in total. The molecule has 1 aliphatic rings. The number of fused-ring (bicyclic) bond motifs is 2. The molecule has 2 aromatic carbocycles. The van der Waals surface area contributed by atoms with E-state index in [1.54, 1.807) is 15.2 Å². The molecule has 0 unspecified atom stereocenters. The van der Waals surface area contributed by atoms with Crippen LogP contribution >= 0.6 is 0 Å². The summed E-state index contributed by atoms with van der Waals surface area (Å²) in [5.74, 6) is -1.33. The summed E-state index contributed by atoms with van der Waals surface area (Å²) in [4.78, 5) is 24.9. The number of carboxylic acid groups (broad SMARTS) is 1. The van der Waals surface area contributed by atoms with E-state index in [1.807, 2.05) is 43.5 Å². The fourth-order valence-corrected chi connectivity index (χ4v) is 5.15. The van der Waals surface area contributed by atoms with Crippen LogP contribution in [0.2, 0.25) is 0 Å². The second-order valence-electron chi connectivity index (χ2n) is 8.73. The van der Waals surface area contributed by atoms with Gasteiger partial charge in [-0.1, -0.05) is 30.3 Å². The minimum atomic E-state index is -0.957. The molecular formula is C27H25FN2O3. The number of nitrogens with zero attached hydrogens (tertiary/aromatic N) is 2. The van der Waals surface area contributed by atoms with Crippen LogP contribution in [0.5, 0.6) is 0 Å². The Bertz CT molecular complexity index is 1430. The number of rotatable bonds is 5. The summed E-state index contributed by atoms with van der Waals surface area (Å²) in [6.45, 7) is 2.11. The first-order valence-corrected chi connectivity index (χ1v) is 11.2. The Hall–Kier alpha value is -3.67. The van der Waals surface area contributed by atoms with E-state index in [1.165, 1.54) is 12.1 Å². The highest BCUT2D eigenvalue weighted by Crippen LogP contribution is 2.39. The van der Waals surface area contributed by atoms with Crippen molar-refractivity contribution in [3.8, 4) is 11.1 Å². The number of carbonyl (C=O) groups is 1. The summed E-state index contributed by atoms with van der Waals surface area (Å²) in [6.07, 6.45) is 5.34. The van der Waals surface area contributed by atoms with E-state index >= 15 is 0 Å². The smallest absolute Gasteiger partial charge is 0.323 e. The molecule has 5 rings (SSSR count). The lowest BCUT2D eigenvalue weighted by molar-refractivity contribution is -0.137. The number of carboxylic acids is 1. The molecule has 1 aliphatic carbocycles. The standard InChI is InChI=1S/C27H25FN2O3/c1-17-26(22-13-19(28)11-12-24(22)30(17)16-25(31)32)23-15-29(14-18-7-3-2-4-8-18)27(33)21-10-6-5-9-20(21)23/h2-4,7-8,11-13,15H,5-6,9-10,14,16H2,1H3,(H,31,32). The Morgan fingerprint density at radius 1 is 1.06 bits per heavy atom. The van der Waals surface area contributed by atoms with E-state index in [9.17, 15) is 19.1 Å². The van der Waals surface area contributed by atoms with Gasteiger partial charge in [-0.3, -0.25) is 9.59 Å². The zero-order chi connectivity index (χ0) is 23.1. The average molecular weight is 445 g/mol. The normalized spacial score (nSPS) is 13.3. The number of aliphatic carboxylic acids is 1. The topological polar surface area (TPSA) is 64.2 Å². The number of aromatic nitrogens is 2. The molecule has 5 nitrogen and oxygen atoms in total. The molecule has 168 valence electrons. The van der Waals surface area contributed by atoms with Crippen molar-refractivity contribution in [2.24, 2.45) is 0 Å². The Labute approximate surface area is 190 Å². The minimum Gasteiger partial charge on any atom is -0.480 e. The summed E-state index contributed by atoms with van der Waals surface area (Å²) in [7, 11) is 0. The van der Waals surface area contributed by atoms with Crippen molar-refractivity contribution >= 4 is 16.9 Å². The third-order valence-corrected chi connectivity index (χ3v) is 6.64. The summed E-state index contributed by atoms with van der Waals surface area (Å²) in [6, 6.07) is 14.3. The maximum Gasteiger partial charge on any atom is 0.323 e. The Kier molecular flexibility index (Phi) is 5.36. The molecule has 0 saturated carbocycles. The van der Waals surface area contributed by atoms with E-state index < -0.39 is 5.97 Å². The number of hydrogen-bond donors (Lipinski definition) is 1. The molecule has 0 saturated heterocycles. The lowest BCUT2D eigenvalue weighted by atomic mass is 9.86. The first-order chi connectivity index (χ1) is 15.9. The molecule has 0 fully saturated rings. The highest BCUT2D eigenvalue weighted by Gasteiger charge is 2.25. The fourth-order valence-electron chi connectivity index (χ4n) is 5.15. The summed E-state index contributed by atoms with van der Waals surface area (Å²) in [5.41, 5.74) is 6.03. The fraction of sp³-hybridized carbons (Fsp3) is 0.259. The van der Waals surface area contributed by atoms with Gasteiger partial charge in [-0.15, -0.1) is 0 Å². The second kappa shape index (κ2) is 8.35. The van der Waals surface area contributed by atoms with Crippen LogP contribution < -0.4 is 5.56 Å². The molecular weight excluding hydrogens is 419 g/mol. The molecule has 0 aliphatic heterocycles. The zero-order valence-electron chi connectivity index (χ0n) is 18.5. The van der Waals surface area contributed by atoms with Crippen molar-refractivity contribution in [3.63, 3.8) is 0 Å². The molecule has 2 heterocycles. The van der Waals surface area contributed by atoms with Crippen LogP contribution in [0.1, 0.15) is 35.2 Å². The van der Waals surface area contributed by atoms with Crippen molar-refractivity contribution in [2.45, 2.75) is 45.7 Å². The lowest BCUT2D eigenvalue weighted by Crippen LogP contribution is -2.28. The maximum atomic E-state index is 14.3. The van der Waals surface area contributed by atoms with Gasteiger partial charge in [0, 0.05) is 39.5 Å². The van der Waals surface area contributed by atoms with Crippen LogP contribution in [-0.4, -0.2) is 20.2 Å². The van der Waals surface area contributed by atoms with Gasteiger partial charge in [-0.05, 0) is 61.9 Å². The van der Waals surface area contributed by atoms with Crippen LogP contribution in [0.3, 0.4) is 0 Å². The van der Waals surface area contributed by atoms with Gasteiger partial charge < -0.3 is 14.2 Å². The number of benzene rings is 2. The van der Waals surface area contributed by atoms with Crippen LogP contribution in [-0.2, 0) is 30.7 Å². The highest BCUT2D eigenvalue weighted by atomic mass is 19.1. The SMILES string of the molecule is Cc1c(-c2cn(Cc3ccccc3)c(=O)c3c2CCCC3)c2cc(F)ccc2n1CC(=O)O. The molecule has 0 atom stereocenters. The third kappa shape index (κ3) is 3.75. The van der Waals surface area contributed by atoms with E-state index in [0.29, 0.717) is 17.4 Å². The molecule has 0 bridgehead atoms. The lowest BCUT2D eigenvalue weighted by Gasteiger charge is -2.22. The summed E-state index contributed by atoms with van der Waals surface area (Å²) < 4.78 is 17.8. The Balaban J connectivity index is 1.80. The molecule has 33 heavy (non-hydrogen) atoms. The number of halogens is 1. The van der Waals surface area contributed by atoms with Crippen molar-refractivity contribution in [3.05, 3.63) is 93.3 Å². The van der Waals surface area contributed by atoms with Gasteiger partial charge in [0.15, 0.2) is 0 Å². The van der Waals surface area contributed by atoms with E-state index in [2.05, 4.69) is 0 Å². The first kappa shape index (κ1) is 21.2. The Morgan fingerprint density at radius 3 is 2.52 bits per heavy atom. The Morgan fingerprint density at radius 2 is 1.79 bits per heavy atom. The molecule has 0 amide bonds.